The minimum absolute atomic E-state index is 0.00427. The lowest BCUT2D eigenvalue weighted by Gasteiger charge is -2.13. The number of pyridine rings is 2. The van der Waals surface area contributed by atoms with Crippen LogP contribution in [0.15, 0.2) is 67.1 Å². The van der Waals surface area contributed by atoms with Gasteiger partial charge in [-0.1, -0.05) is 12.1 Å². The molecule has 3 heterocycles. The van der Waals surface area contributed by atoms with Crippen LogP contribution in [0, 0.1) is 6.92 Å². The number of hydrogen-bond acceptors (Lipinski definition) is 7. The molecule has 0 fully saturated rings. The monoisotopic (exact) mass is 502 g/mol. The average molecular weight is 503 g/mol. The Hall–Kier alpha value is -4.11. The molecule has 0 bridgehead atoms. The fourth-order valence-corrected chi connectivity index (χ4v) is 4.61. The molecular formula is C27H26N4O4S. The number of ether oxygens (including phenoxy) is 1. The van der Waals surface area contributed by atoms with Gasteiger partial charge in [0.1, 0.15) is 16.5 Å². The molecule has 0 atom stereocenters. The largest absolute Gasteiger partial charge is 0.493 e. The van der Waals surface area contributed by atoms with Crippen LogP contribution < -0.4 is 10.1 Å². The average Bonchev–Trinajstić information content (AvgIpc) is 3.27. The lowest BCUT2D eigenvalue weighted by molar-refractivity contribution is -0.136. The maximum Gasteiger partial charge on any atom is 0.303 e. The van der Waals surface area contributed by atoms with Gasteiger partial charge in [-0.05, 0) is 60.9 Å². The van der Waals surface area contributed by atoms with Crippen LogP contribution in [-0.4, -0.2) is 38.5 Å². The van der Waals surface area contributed by atoms with Crippen LogP contribution in [0.2, 0.25) is 0 Å². The van der Waals surface area contributed by atoms with Crippen molar-refractivity contribution in [2.24, 2.45) is 0 Å². The number of nitrogens with one attached hydrogen (secondary N) is 1. The Kier molecular flexibility index (Phi) is 8.36. The van der Waals surface area contributed by atoms with E-state index in [9.17, 15) is 9.59 Å². The molecule has 9 heteroatoms. The van der Waals surface area contributed by atoms with Crippen molar-refractivity contribution in [2.45, 2.75) is 32.7 Å². The Bertz CT molecular complexity index is 1330. The number of aryl methyl sites for hydroxylation is 2. The van der Waals surface area contributed by atoms with Crippen molar-refractivity contribution in [3.8, 4) is 16.3 Å². The van der Waals surface area contributed by atoms with Gasteiger partial charge in [-0.2, -0.15) is 0 Å². The summed E-state index contributed by atoms with van der Waals surface area (Å²) in [4.78, 5) is 37.6. The molecule has 8 nitrogen and oxygen atoms in total. The van der Waals surface area contributed by atoms with Gasteiger partial charge >= 0.3 is 5.97 Å². The first-order valence-corrected chi connectivity index (χ1v) is 12.3. The van der Waals surface area contributed by atoms with Gasteiger partial charge in [0, 0.05) is 48.4 Å². The zero-order chi connectivity index (χ0) is 25.3. The van der Waals surface area contributed by atoms with E-state index in [4.69, 9.17) is 14.8 Å². The minimum Gasteiger partial charge on any atom is -0.493 e. The zero-order valence-corrected chi connectivity index (χ0v) is 20.6. The van der Waals surface area contributed by atoms with E-state index < -0.39 is 5.97 Å². The van der Waals surface area contributed by atoms with Crippen molar-refractivity contribution in [1.29, 1.82) is 0 Å². The Labute approximate surface area is 213 Å². The molecule has 0 aliphatic heterocycles. The van der Waals surface area contributed by atoms with Crippen LogP contribution in [0.4, 0.5) is 0 Å². The summed E-state index contributed by atoms with van der Waals surface area (Å²) >= 11 is 1.65. The topological polar surface area (TPSA) is 114 Å². The van der Waals surface area contributed by atoms with E-state index in [-0.39, 0.29) is 18.9 Å². The number of aromatic nitrogens is 3. The van der Waals surface area contributed by atoms with Gasteiger partial charge in [-0.3, -0.25) is 19.6 Å². The number of carboxylic acid groups (broad SMARTS) is 1. The molecular weight excluding hydrogens is 476 g/mol. The van der Waals surface area contributed by atoms with E-state index in [0.29, 0.717) is 30.9 Å². The molecule has 36 heavy (non-hydrogen) atoms. The summed E-state index contributed by atoms with van der Waals surface area (Å²) < 4.78 is 6.01. The van der Waals surface area contributed by atoms with Crippen LogP contribution in [0.25, 0.3) is 10.6 Å². The Balaban J connectivity index is 1.41. The zero-order valence-electron chi connectivity index (χ0n) is 19.8. The first-order valence-electron chi connectivity index (χ1n) is 11.5. The van der Waals surface area contributed by atoms with E-state index >= 15 is 0 Å². The lowest BCUT2D eigenvalue weighted by atomic mass is 10.0. The third-order valence-electron chi connectivity index (χ3n) is 5.55. The predicted octanol–water partition coefficient (Wildman–Crippen LogP) is 4.48. The maximum atomic E-state index is 12.4. The van der Waals surface area contributed by atoms with Gasteiger partial charge in [0.25, 0.3) is 5.91 Å². The standard InChI is InChI=1S/C27H26N4O4S/c1-18-23(31-27(36-18)20-9-13-28-14-10-20)11-15-35-22-7-5-19(6-8-25(32)33)21(16-22)17-30-26(34)24-4-2-3-12-29-24/h2-5,7,9-10,12-14,16H,6,8,11,15,17H2,1H3,(H,30,34)(H,32,33). The fourth-order valence-electron chi connectivity index (χ4n) is 3.65. The second kappa shape index (κ2) is 12.0. The van der Waals surface area contributed by atoms with Crippen molar-refractivity contribution >= 4 is 23.2 Å². The van der Waals surface area contributed by atoms with E-state index in [2.05, 4.69) is 22.2 Å². The Morgan fingerprint density at radius 3 is 2.61 bits per heavy atom. The quantitative estimate of drug-likeness (QED) is 0.311. The van der Waals surface area contributed by atoms with E-state index in [1.807, 2.05) is 30.3 Å². The first-order chi connectivity index (χ1) is 17.5. The summed E-state index contributed by atoms with van der Waals surface area (Å²) in [5.74, 6) is -0.517. The number of nitrogens with zero attached hydrogens (tertiary/aromatic N) is 3. The molecule has 0 aliphatic rings. The van der Waals surface area contributed by atoms with Gasteiger partial charge < -0.3 is 15.2 Å². The van der Waals surface area contributed by atoms with Gasteiger partial charge in [0.15, 0.2) is 0 Å². The SMILES string of the molecule is Cc1sc(-c2ccncc2)nc1CCOc1ccc(CCC(=O)O)c(CNC(=O)c2ccccn2)c1. The van der Waals surface area contributed by atoms with Crippen molar-refractivity contribution in [1.82, 2.24) is 20.3 Å². The highest BCUT2D eigenvalue weighted by molar-refractivity contribution is 7.15. The molecule has 1 amide bonds. The maximum absolute atomic E-state index is 12.4. The summed E-state index contributed by atoms with van der Waals surface area (Å²) in [5, 5.41) is 12.9. The number of thiazole rings is 1. The number of rotatable bonds is 11. The van der Waals surface area contributed by atoms with Crippen molar-refractivity contribution in [3.05, 3.63) is 94.5 Å². The highest BCUT2D eigenvalue weighted by Crippen LogP contribution is 2.27. The number of hydrogen-bond donors (Lipinski definition) is 2. The molecule has 3 aromatic heterocycles. The number of carbonyl (C=O) groups is 2. The Morgan fingerprint density at radius 1 is 1.03 bits per heavy atom. The molecule has 0 saturated heterocycles. The normalized spacial score (nSPS) is 10.7. The third kappa shape index (κ3) is 6.73. The van der Waals surface area contributed by atoms with Gasteiger partial charge in [0.05, 0.1) is 12.3 Å². The summed E-state index contributed by atoms with van der Waals surface area (Å²) in [7, 11) is 0. The summed E-state index contributed by atoms with van der Waals surface area (Å²) in [5.41, 5.74) is 4.01. The van der Waals surface area contributed by atoms with E-state index in [0.717, 1.165) is 32.3 Å². The molecule has 2 N–H and O–H groups in total. The number of benzene rings is 1. The molecule has 184 valence electrons. The second-order valence-corrected chi connectivity index (χ2v) is 9.28. The van der Waals surface area contributed by atoms with Crippen LogP contribution >= 0.6 is 11.3 Å². The van der Waals surface area contributed by atoms with Gasteiger partial charge in [-0.25, -0.2) is 4.98 Å². The molecule has 4 aromatic rings. The Morgan fingerprint density at radius 2 is 1.86 bits per heavy atom. The number of aliphatic carboxylic acids is 1. The number of carboxylic acids is 1. The van der Waals surface area contributed by atoms with Crippen molar-refractivity contribution in [3.63, 3.8) is 0 Å². The van der Waals surface area contributed by atoms with E-state index in [1.165, 1.54) is 0 Å². The minimum atomic E-state index is -0.872. The third-order valence-corrected chi connectivity index (χ3v) is 6.61. The summed E-state index contributed by atoms with van der Waals surface area (Å²) in [6.07, 6.45) is 6.09. The molecule has 0 radical (unpaired) electrons. The van der Waals surface area contributed by atoms with Crippen LogP contribution in [0.3, 0.4) is 0 Å². The molecule has 0 saturated carbocycles. The smallest absolute Gasteiger partial charge is 0.303 e. The molecule has 0 unspecified atom stereocenters. The molecule has 4 rings (SSSR count). The summed E-state index contributed by atoms with van der Waals surface area (Å²) in [6, 6.07) is 14.6. The highest BCUT2D eigenvalue weighted by atomic mass is 32.1. The molecule has 1 aromatic carbocycles. The molecule has 0 aliphatic carbocycles. The molecule has 0 spiro atoms. The highest BCUT2D eigenvalue weighted by Gasteiger charge is 2.12. The lowest BCUT2D eigenvalue weighted by Crippen LogP contribution is -2.24. The van der Waals surface area contributed by atoms with Crippen LogP contribution in [0.1, 0.15) is 38.6 Å². The van der Waals surface area contributed by atoms with Crippen LogP contribution in [-0.2, 0) is 24.2 Å². The van der Waals surface area contributed by atoms with E-state index in [1.54, 1.807) is 48.1 Å². The fraction of sp³-hybridized carbons (Fsp3) is 0.222. The predicted molar refractivity (Wildman–Crippen MR) is 137 cm³/mol. The first kappa shape index (κ1) is 25.0. The van der Waals surface area contributed by atoms with Gasteiger partial charge in [-0.15, -0.1) is 11.3 Å². The van der Waals surface area contributed by atoms with Crippen LogP contribution in [0.5, 0.6) is 5.75 Å². The second-order valence-electron chi connectivity index (χ2n) is 8.08. The van der Waals surface area contributed by atoms with Gasteiger partial charge in [0.2, 0.25) is 0 Å². The van der Waals surface area contributed by atoms with Crippen molar-refractivity contribution in [2.75, 3.05) is 6.61 Å². The summed E-state index contributed by atoms with van der Waals surface area (Å²) in [6.45, 7) is 2.73. The van der Waals surface area contributed by atoms with Crippen molar-refractivity contribution < 1.29 is 19.4 Å². The number of amides is 1. The number of carbonyl (C=O) groups excluding carboxylic acids is 1.